The van der Waals surface area contributed by atoms with Crippen LogP contribution in [0, 0.1) is 0 Å². The molecule has 0 aliphatic heterocycles. The summed E-state index contributed by atoms with van der Waals surface area (Å²) in [4.78, 5) is 20.4. The van der Waals surface area contributed by atoms with Crippen LogP contribution in [-0.2, 0) is 0 Å². The second kappa shape index (κ2) is 6.26. The molecule has 126 valence electrons. The zero-order chi connectivity index (χ0) is 17.4. The lowest BCUT2D eigenvalue weighted by molar-refractivity contribution is 0.103. The first kappa shape index (κ1) is 15.7. The van der Waals surface area contributed by atoms with E-state index >= 15 is 0 Å². The molecule has 0 aliphatic carbocycles. The van der Waals surface area contributed by atoms with E-state index in [0.29, 0.717) is 16.5 Å². The number of thiophene rings is 1. The molecule has 4 aromatic rings. The molecule has 3 aromatic heterocycles. The third kappa shape index (κ3) is 3.11. The number of anilines is 2. The van der Waals surface area contributed by atoms with Gasteiger partial charge in [-0.25, -0.2) is 4.98 Å². The Morgan fingerprint density at radius 2 is 2.00 bits per heavy atom. The first-order chi connectivity index (χ1) is 12.1. The topological polar surface area (TPSA) is 84.2 Å². The lowest BCUT2D eigenvalue weighted by Crippen LogP contribution is -2.10. The normalized spacial score (nSPS) is 11.0. The average Bonchev–Trinajstić information content (AvgIpc) is 3.31. The van der Waals surface area contributed by atoms with E-state index in [1.54, 1.807) is 23.5 Å². The maximum atomic E-state index is 12.4. The van der Waals surface area contributed by atoms with Crippen molar-refractivity contribution < 1.29 is 9.21 Å². The molecule has 0 atom stereocenters. The predicted molar refractivity (Wildman–Crippen MR) is 99.5 cm³/mol. The molecule has 0 unspecified atom stereocenters. The Morgan fingerprint density at radius 1 is 1.20 bits per heavy atom. The number of hydrogen-bond donors (Lipinski definition) is 1. The van der Waals surface area contributed by atoms with Gasteiger partial charge in [-0.15, -0.1) is 21.5 Å². The fourth-order valence-corrected chi connectivity index (χ4v) is 4.24. The van der Waals surface area contributed by atoms with Gasteiger partial charge in [-0.1, -0.05) is 11.3 Å². The fraction of sp³-hybridized carbons (Fsp3) is 0.125. The molecular formula is C16H13N5O2S2. The highest BCUT2D eigenvalue weighted by Gasteiger charge is 2.15. The molecule has 0 radical (unpaired) electrons. The number of fused-ring (bicyclic) bond motifs is 1. The van der Waals surface area contributed by atoms with Crippen LogP contribution >= 0.6 is 22.7 Å². The lowest BCUT2D eigenvalue weighted by Gasteiger charge is -2.05. The number of carbonyl (C=O) groups excluding carboxylic acids is 1. The first-order valence-electron chi connectivity index (χ1n) is 7.36. The van der Waals surface area contributed by atoms with E-state index < -0.39 is 0 Å². The monoisotopic (exact) mass is 371 g/mol. The van der Waals surface area contributed by atoms with Crippen LogP contribution in [0.5, 0.6) is 0 Å². The summed E-state index contributed by atoms with van der Waals surface area (Å²) in [5.41, 5.74) is 1.50. The molecule has 0 saturated carbocycles. The maximum Gasteiger partial charge on any atom is 0.265 e. The number of thiazole rings is 1. The summed E-state index contributed by atoms with van der Waals surface area (Å²) in [6.07, 6.45) is 1.28. The van der Waals surface area contributed by atoms with Gasteiger partial charge in [-0.2, -0.15) is 0 Å². The van der Waals surface area contributed by atoms with E-state index in [1.165, 1.54) is 17.7 Å². The molecule has 3 heterocycles. The molecule has 0 bridgehead atoms. The van der Waals surface area contributed by atoms with Crippen LogP contribution in [0.2, 0.25) is 0 Å². The summed E-state index contributed by atoms with van der Waals surface area (Å²) in [6, 6.07) is 9.13. The van der Waals surface area contributed by atoms with Crippen molar-refractivity contribution in [2.24, 2.45) is 0 Å². The average molecular weight is 371 g/mol. The smallest absolute Gasteiger partial charge is 0.265 e. The Kier molecular flexibility index (Phi) is 3.94. The maximum absolute atomic E-state index is 12.4. The van der Waals surface area contributed by atoms with Gasteiger partial charge in [0.05, 0.1) is 9.58 Å². The Hall–Kier alpha value is -2.78. The van der Waals surface area contributed by atoms with Gasteiger partial charge in [-0.05, 0) is 30.3 Å². The van der Waals surface area contributed by atoms with Gasteiger partial charge in [0, 0.05) is 25.3 Å². The number of amides is 1. The van der Waals surface area contributed by atoms with Gasteiger partial charge < -0.3 is 14.6 Å². The zero-order valence-electron chi connectivity index (χ0n) is 13.4. The second-order valence-electron chi connectivity index (χ2n) is 5.45. The standard InChI is InChI=1S/C16H13N5O2S2/c1-21(2)16-19-15-12(25-16)7-11(24-15)13(22)18-10-5-3-9(4-6-10)14-20-17-8-23-14/h3-8H,1-2H3,(H,18,22). The minimum Gasteiger partial charge on any atom is -0.423 e. The zero-order valence-corrected chi connectivity index (χ0v) is 15.0. The Balaban J connectivity index is 1.50. The van der Waals surface area contributed by atoms with Crippen molar-refractivity contribution in [1.29, 1.82) is 0 Å². The molecule has 9 heteroatoms. The van der Waals surface area contributed by atoms with Gasteiger partial charge in [0.15, 0.2) is 5.13 Å². The van der Waals surface area contributed by atoms with Crippen LogP contribution in [-0.4, -0.2) is 35.2 Å². The molecule has 1 amide bonds. The second-order valence-corrected chi connectivity index (χ2v) is 7.49. The van der Waals surface area contributed by atoms with E-state index in [9.17, 15) is 4.79 Å². The van der Waals surface area contributed by atoms with Crippen molar-refractivity contribution in [3.63, 3.8) is 0 Å². The molecule has 7 nitrogen and oxygen atoms in total. The van der Waals surface area contributed by atoms with Crippen LogP contribution in [0.25, 0.3) is 21.0 Å². The highest BCUT2D eigenvalue weighted by Crippen LogP contribution is 2.34. The van der Waals surface area contributed by atoms with E-state index in [0.717, 1.165) is 20.2 Å². The van der Waals surface area contributed by atoms with E-state index in [-0.39, 0.29) is 5.91 Å². The van der Waals surface area contributed by atoms with Gasteiger partial charge in [-0.3, -0.25) is 4.79 Å². The van der Waals surface area contributed by atoms with E-state index in [4.69, 9.17) is 4.42 Å². The Morgan fingerprint density at radius 3 is 2.64 bits per heavy atom. The van der Waals surface area contributed by atoms with E-state index in [2.05, 4.69) is 20.5 Å². The van der Waals surface area contributed by atoms with Crippen molar-refractivity contribution in [3.8, 4) is 11.5 Å². The number of nitrogens with zero attached hydrogens (tertiary/aromatic N) is 4. The third-order valence-corrected chi connectivity index (χ3v) is 5.76. The predicted octanol–water partition coefficient (Wildman–Crippen LogP) is 3.73. The summed E-state index contributed by atoms with van der Waals surface area (Å²) in [6.45, 7) is 0. The van der Waals surface area contributed by atoms with Gasteiger partial charge >= 0.3 is 0 Å². The number of carbonyl (C=O) groups is 1. The fourth-order valence-electron chi connectivity index (χ4n) is 2.21. The molecule has 1 N–H and O–H groups in total. The largest absolute Gasteiger partial charge is 0.423 e. The third-order valence-electron chi connectivity index (χ3n) is 3.43. The summed E-state index contributed by atoms with van der Waals surface area (Å²) in [5.74, 6) is 0.297. The summed E-state index contributed by atoms with van der Waals surface area (Å²) < 4.78 is 6.16. The SMILES string of the molecule is CN(C)c1nc2sc(C(=O)Nc3ccc(-c4nnco4)cc3)cc2s1. The van der Waals surface area contributed by atoms with E-state index in [1.807, 2.05) is 37.2 Å². The lowest BCUT2D eigenvalue weighted by atomic mass is 10.2. The molecular weight excluding hydrogens is 358 g/mol. The molecule has 0 saturated heterocycles. The van der Waals surface area contributed by atoms with Gasteiger partial charge in [0.1, 0.15) is 4.83 Å². The number of hydrogen-bond acceptors (Lipinski definition) is 8. The molecule has 0 spiro atoms. The Bertz CT molecular complexity index is 987. The quantitative estimate of drug-likeness (QED) is 0.588. The Labute approximate surface area is 150 Å². The van der Waals surface area contributed by atoms with Gasteiger partial charge in [0.25, 0.3) is 5.91 Å². The molecule has 1 aromatic carbocycles. The minimum absolute atomic E-state index is 0.146. The number of benzene rings is 1. The van der Waals surface area contributed by atoms with Crippen LogP contribution in [0.1, 0.15) is 9.67 Å². The van der Waals surface area contributed by atoms with Crippen molar-refractivity contribution >= 4 is 48.9 Å². The van der Waals surface area contributed by atoms with Crippen LogP contribution < -0.4 is 10.2 Å². The molecule has 25 heavy (non-hydrogen) atoms. The van der Waals surface area contributed by atoms with Gasteiger partial charge in [0.2, 0.25) is 12.3 Å². The van der Waals surface area contributed by atoms with Crippen LogP contribution in [0.15, 0.2) is 41.1 Å². The van der Waals surface area contributed by atoms with Crippen molar-refractivity contribution in [3.05, 3.63) is 41.6 Å². The molecule has 0 fully saturated rings. The van der Waals surface area contributed by atoms with Crippen molar-refractivity contribution in [2.45, 2.75) is 0 Å². The number of aromatic nitrogens is 3. The highest BCUT2D eigenvalue weighted by molar-refractivity contribution is 7.29. The summed E-state index contributed by atoms with van der Waals surface area (Å²) in [5, 5.41) is 11.3. The molecule has 0 aliphatic rings. The highest BCUT2D eigenvalue weighted by atomic mass is 32.1. The van der Waals surface area contributed by atoms with Crippen molar-refractivity contribution in [2.75, 3.05) is 24.3 Å². The number of rotatable bonds is 4. The minimum atomic E-state index is -0.146. The van der Waals surface area contributed by atoms with Crippen LogP contribution in [0.3, 0.4) is 0 Å². The number of nitrogens with one attached hydrogen (secondary N) is 1. The summed E-state index contributed by atoms with van der Waals surface area (Å²) in [7, 11) is 3.90. The summed E-state index contributed by atoms with van der Waals surface area (Å²) >= 11 is 2.96. The van der Waals surface area contributed by atoms with Crippen LogP contribution in [0.4, 0.5) is 10.8 Å². The first-order valence-corrected chi connectivity index (χ1v) is 8.99. The molecule has 4 rings (SSSR count). The van der Waals surface area contributed by atoms with Crippen molar-refractivity contribution in [1.82, 2.24) is 15.2 Å².